The maximum Gasteiger partial charge on any atom is 0.228 e. The van der Waals surface area contributed by atoms with Gasteiger partial charge in [0.1, 0.15) is 0 Å². The van der Waals surface area contributed by atoms with Crippen molar-refractivity contribution in [3.8, 4) is 18.0 Å². The molecule has 0 radical (unpaired) electrons. The molecule has 0 N–H and O–H groups in total. The Morgan fingerprint density at radius 2 is 1.81 bits per heavy atom. The molecule has 0 aliphatic carbocycles. The molecule has 0 spiro atoms. The lowest BCUT2D eigenvalue weighted by Gasteiger charge is -2.18. The van der Waals surface area contributed by atoms with Crippen LogP contribution in [0.5, 0.6) is 0 Å². The predicted molar refractivity (Wildman–Crippen MR) is 84.5 cm³/mol. The fraction of sp³-hybridized carbons (Fsp3) is 0.278. The summed E-state index contributed by atoms with van der Waals surface area (Å²) in [6, 6.07) is 12.3. The molecule has 0 saturated carbocycles. The first kappa shape index (κ1) is 13.5. The number of carbonyl (C=O) groups excluding carboxylic acids is 1. The number of amides is 1. The van der Waals surface area contributed by atoms with E-state index in [9.17, 15) is 4.79 Å². The van der Waals surface area contributed by atoms with Crippen LogP contribution >= 0.6 is 0 Å². The van der Waals surface area contributed by atoms with E-state index in [4.69, 9.17) is 6.42 Å². The Balaban J connectivity index is 1.98. The monoisotopic (exact) mass is 278 g/mol. The lowest BCUT2D eigenvalue weighted by Crippen LogP contribution is -2.24. The molecule has 1 saturated heterocycles. The van der Waals surface area contributed by atoms with Crippen molar-refractivity contribution in [1.82, 2.24) is 4.57 Å². The number of terminal acetylenes is 1. The van der Waals surface area contributed by atoms with E-state index in [1.807, 2.05) is 12.1 Å². The van der Waals surface area contributed by atoms with Gasteiger partial charge in [-0.3, -0.25) is 4.79 Å². The molecule has 1 aliphatic heterocycles. The summed E-state index contributed by atoms with van der Waals surface area (Å²) in [5.74, 6) is 2.82. The van der Waals surface area contributed by atoms with Crippen LogP contribution in [0.1, 0.15) is 17.8 Å². The molecule has 0 bridgehead atoms. The average molecular weight is 278 g/mol. The van der Waals surface area contributed by atoms with Gasteiger partial charge in [-0.1, -0.05) is 6.07 Å². The second-order valence-corrected chi connectivity index (χ2v) is 5.54. The highest BCUT2D eigenvalue weighted by Crippen LogP contribution is 2.27. The number of nitrogens with zero attached hydrogens (tertiary/aromatic N) is 2. The standard InChI is InChI=1S/C18H18N2O/c1-4-15-10-18(21)19(12-15)16-6-5-7-17(11-16)20-13(2)8-9-14(20)3/h1,5-9,11,15H,10,12H2,2-3H3. The van der Waals surface area contributed by atoms with E-state index in [0.717, 1.165) is 11.4 Å². The number of rotatable bonds is 2. The number of anilines is 1. The number of aromatic nitrogens is 1. The topological polar surface area (TPSA) is 25.2 Å². The van der Waals surface area contributed by atoms with E-state index in [1.54, 1.807) is 4.90 Å². The largest absolute Gasteiger partial charge is 0.318 e. The summed E-state index contributed by atoms with van der Waals surface area (Å²) in [5, 5.41) is 0. The minimum absolute atomic E-state index is 0.0243. The lowest BCUT2D eigenvalue weighted by atomic mass is 10.1. The van der Waals surface area contributed by atoms with Gasteiger partial charge in [-0.05, 0) is 44.2 Å². The summed E-state index contributed by atoms with van der Waals surface area (Å²) in [5.41, 5.74) is 4.35. The van der Waals surface area contributed by atoms with E-state index in [1.165, 1.54) is 11.4 Å². The third kappa shape index (κ3) is 2.34. The Morgan fingerprint density at radius 3 is 2.43 bits per heavy atom. The molecule has 1 aromatic carbocycles. The Hall–Kier alpha value is -2.47. The molecule has 3 rings (SSSR count). The van der Waals surface area contributed by atoms with Gasteiger partial charge in [0.2, 0.25) is 5.91 Å². The molecule has 21 heavy (non-hydrogen) atoms. The van der Waals surface area contributed by atoms with Crippen LogP contribution in [0.2, 0.25) is 0 Å². The maximum absolute atomic E-state index is 12.1. The van der Waals surface area contributed by atoms with Gasteiger partial charge in [0.15, 0.2) is 0 Å². The van der Waals surface area contributed by atoms with Crippen LogP contribution in [0.25, 0.3) is 5.69 Å². The molecular formula is C18H18N2O. The molecule has 1 aliphatic rings. The minimum atomic E-state index is 0.0243. The Labute approximate surface area is 125 Å². The normalized spacial score (nSPS) is 18.0. The second-order valence-electron chi connectivity index (χ2n) is 5.54. The average Bonchev–Trinajstić information content (AvgIpc) is 3.02. The number of benzene rings is 1. The molecule has 1 amide bonds. The van der Waals surface area contributed by atoms with Crippen molar-refractivity contribution in [2.45, 2.75) is 20.3 Å². The van der Waals surface area contributed by atoms with Crippen LogP contribution < -0.4 is 4.90 Å². The third-order valence-corrected chi connectivity index (χ3v) is 4.03. The van der Waals surface area contributed by atoms with Gasteiger partial charge in [-0.25, -0.2) is 0 Å². The lowest BCUT2D eigenvalue weighted by molar-refractivity contribution is -0.117. The van der Waals surface area contributed by atoms with Gasteiger partial charge in [0.25, 0.3) is 0 Å². The van der Waals surface area contributed by atoms with Crippen molar-refractivity contribution >= 4 is 11.6 Å². The predicted octanol–water partition coefficient (Wildman–Crippen LogP) is 3.08. The first-order chi connectivity index (χ1) is 10.1. The highest BCUT2D eigenvalue weighted by atomic mass is 16.2. The zero-order valence-electron chi connectivity index (χ0n) is 12.3. The molecule has 1 unspecified atom stereocenters. The van der Waals surface area contributed by atoms with E-state index < -0.39 is 0 Å². The van der Waals surface area contributed by atoms with Crippen molar-refractivity contribution < 1.29 is 4.79 Å². The van der Waals surface area contributed by atoms with Gasteiger partial charge >= 0.3 is 0 Å². The molecule has 1 atom stereocenters. The van der Waals surface area contributed by atoms with Crippen LogP contribution in [-0.2, 0) is 4.79 Å². The van der Waals surface area contributed by atoms with Gasteiger partial charge in [-0.2, -0.15) is 0 Å². The Morgan fingerprint density at radius 1 is 1.14 bits per heavy atom. The van der Waals surface area contributed by atoms with Crippen molar-refractivity contribution in [3.63, 3.8) is 0 Å². The number of carbonyl (C=O) groups is 1. The summed E-state index contributed by atoms with van der Waals surface area (Å²) >= 11 is 0. The Kier molecular flexibility index (Phi) is 3.31. The molecule has 3 heteroatoms. The van der Waals surface area contributed by atoms with E-state index in [-0.39, 0.29) is 11.8 Å². The van der Waals surface area contributed by atoms with E-state index in [2.05, 4.69) is 48.6 Å². The molecule has 2 aromatic rings. The zero-order chi connectivity index (χ0) is 15.0. The van der Waals surface area contributed by atoms with Gasteiger partial charge in [0, 0.05) is 41.6 Å². The zero-order valence-corrected chi connectivity index (χ0v) is 12.3. The second kappa shape index (κ2) is 5.14. The van der Waals surface area contributed by atoms with E-state index >= 15 is 0 Å². The third-order valence-electron chi connectivity index (χ3n) is 4.03. The van der Waals surface area contributed by atoms with Crippen molar-refractivity contribution in [2.24, 2.45) is 5.92 Å². The fourth-order valence-corrected chi connectivity index (χ4v) is 2.94. The first-order valence-corrected chi connectivity index (χ1v) is 7.12. The SMILES string of the molecule is C#CC1CC(=O)N(c2cccc(-n3c(C)ccc3C)c2)C1. The maximum atomic E-state index is 12.1. The van der Waals surface area contributed by atoms with Gasteiger partial charge in [0.05, 0.1) is 0 Å². The van der Waals surface area contributed by atoms with Crippen molar-refractivity contribution in [1.29, 1.82) is 0 Å². The Bertz CT molecular complexity index is 716. The van der Waals surface area contributed by atoms with Crippen LogP contribution in [-0.4, -0.2) is 17.0 Å². The van der Waals surface area contributed by atoms with Crippen LogP contribution in [0.15, 0.2) is 36.4 Å². The fourth-order valence-electron chi connectivity index (χ4n) is 2.94. The molecule has 2 heterocycles. The number of aryl methyl sites for hydroxylation is 2. The van der Waals surface area contributed by atoms with Crippen LogP contribution in [0.4, 0.5) is 5.69 Å². The minimum Gasteiger partial charge on any atom is -0.318 e. The number of hydrogen-bond acceptors (Lipinski definition) is 1. The smallest absolute Gasteiger partial charge is 0.228 e. The highest BCUT2D eigenvalue weighted by Gasteiger charge is 2.29. The quantitative estimate of drug-likeness (QED) is 0.775. The number of hydrogen-bond donors (Lipinski definition) is 0. The van der Waals surface area contributed by atoms with E-state index in [0.29, 0.717) is 13.0 Å². The first-order valence-electron chi connectivity index (χ1n) is 7.12. The summed E-state index contributed by atoms with van der Waals surface area (Å²) in [6.45, 7) is 4.77. The highest BCUT2D eigenvalue weighted by molar-refractivity contribution is 5.96. The summed E-state index contributed by atoms with van der Waals surface area (Å²) in [4.78, 5) is 13.9. The van der Waals surface area contributed by atoms with Crippen LogP contribution in [0, 0.1) is 32.1 Å². The molecule has 1 aromatic heterocycles. The van der Waals surface area contributed by atoms with Gasteiger partial charge in [-0.15, -0.1) is 12.3 Å². The molecule has 1 fully saturated rings. The summed E-state index contributed by atoms with van der Waals surface area (Å²) < 4.78 is 2.18. The summed E-state index contributed by atoms with van der Waals surface area (Å²) in [7, 11) is 0. The van der Waals surface area contributed by atoms with Crippen molar-refractivity contribution in [3.05, 3.63) is 47.8 Å². The molecule has 106 valence electrons. The summed E-state index contributed by atoms with van der Waals surface area (Å²) in [6.07, 6.45) is 5.90. The van der Waals surface area contributed by atoms with Crippen molar-refractivity contribution in [2.75, 3.05) is 11.4 Å². The van der Waals surface area contributed by atoms with Crippen LogP contribution in [0.3, 0.4) is 0 Å². The molecular weight excluding hydrogens is 260 g/mol. The van der Waals surface area contributed by atoms with Gasteiger partial charge < -0.3 is 9.47 Å². The molecule has 3 nitrogen and oxygen atoms in total.